The molecule has 6 heteroatoms. The Morgan fingerprint density at radius 1 is 1.47 bits per heavy atom. The molecule has 1 rings (SSSR count). The maximum atomic E-state index is 12.6. The van der Waals surface area contributed by atoms with Crippen LogP contribution >= 0.6 is 0 Å². The van der Waals surface area contributed by atoms with Crippen molar-refractivity contribution in [2.45, 2.75) is 12.6 Å². The maximum Gasteiger partial charge on any atom is 0.421 e. The van der Waals surface area contributed by atoms with E-state index >= 15 is 0 Å². The summed E-state index contributed by atoms with van der Waals surface area (Å²) in [6.07, 6.45) is -3.14. The molecular weight excluding hydrogens is 235 g/mol. The number of pyridine rings is 1. The Kier molecular flexibility index (Phi) is 4.35. The highest BCUT2D eigenvalue weighted by Gasteiger charge is 2.35. The van der Waals surface area contributed by atoms with Gasteiger partial charge in [-0.1, -0.05) is 11.8 Å². The first-order valence-electron chi connectivity index (χ1n) is 4.70. The molecule has 0 unspecified atom stereocenters. The molecule has 1 heterocycles. The van der Waals surface area contributed by atoms with E-state index in [0.717, 1.165) is 13.2 Å². The van der Waals surface area contributed by atoms with Crippen LogP contribution in [0.3, 0.4) is 0 Å². The predicted molar refractivity (Wildman–Crippen MR) is 54.4 cm³/mol. The highest BCUT2D eigenvalue weighted by Crippen LogP contribution is 2.35. The summed E-state index contributed by atoms with van der Waals surface area (Å²) in [6, 6.07) is 0.871. The third kappa shape index (κ3) is 3.64. The fourth-order valence-corrected chi connectivity index (χ4v) is 1.11. The fraction of sp³-hybridized carbons (Fsp3) is 0.364. The number of methoxy groups -OCH3 is 1. The van der Waals surface area contributed by atoms with E-state index < -0.39 is 17.6 Å². The zero-order chi connectivity index (χ0) is 12.9. The summed E-state index contributed by atoms with van der Waals surface area (Å²) in [5.41, 5.74) is -0.831. The van der Waals surface area contributed by atoms with E-state index in [1.54, 1.807) is 0 Å². The van der Waals surface area contributed by atoms with Crippen molar-refractivity contribution in [2.24, 2.45) is 0 Å². The third-order valence-corrected chi connectivity index (χ3v) is 1.82. The molecule has 0 fully saturated rings. The molecule has 0 aliphatic carbocycles. The van der Waals surface area contributed by atoms with Gasteiger partial charge in [0.2, 0.25) is 5.88 Å². The largest absolute Gasteiger partial charge is 0.481 e. The summed E-state index contributed by atoms with van der Waals surface area (Å²) >= 11 is 0. The highest BCUT2D eigenvalue weighted by molar-refractivity contribution is 5.40. The van der Waals surface area contributed by atoms with E-state index in [4.69, 9.17) is 5.11 Å². The summed E-state index contributed by atoms with van der Waals surface area (Å²) in [5, 5.41) is 8.49. The molecule has 1 N–H and O–H groups in total. The molecule has 0 aromatic carbocycles. The molecule has 92 valence electrons. The van der Waals surface area contributed by atoms with Crippen molar-refractivity contribution in [3.63, 3.8) is 0 Å². The van der Waals surface area contributed by atoms with E-state index in [9.17, 15) is 13.2 Å². The second kappa shape index (κ2) is 5.55. The van der Waals surface area contributed by atoms with Crippen molar-refractivity contribution >= 4 is 0 Å². The van der Waals surface area contributed by atoms with Gasteiger partial charge in [-0.05, 0) is 6.07 Å². The van der Waals surface area contributed by atoms with Gasteiger partial charge in [0, 0.05) is 18.2 Å². The molecule has 0 spiro atoms. The number of ether oxygens (including phenoxy) is 1. The van der Waals surface area contributed by atoms with Gasteiger partial charge < -0.3 is 9.84 Å². The van der Waals surface area contributed by atoms with Gasteiger partial charge in [0.15, 0.2) is 0 Å². The van der Waals surface area contributed by atoms with Crippen LogP contribution in [0, 0.1) is 11.8 Å². The first-order valence-corrected chi connectivity index (χ1v) is 4.70. The summed E-state index contributed by atoms with van der Waals surface area (Å²) < 4.78 is 42.3. The first kappa shape index (κ1) is 13.3. The Labute approximate surface area is 96.2 Å². The molecule has 17 heavy (non-hydrogen) atoms. The lowest BCUT2D eigenvalue weighted by atomic mass is 10.2. The first-order chi connectivity index (χ1) is 7.99. The number of nitrogens with zero attached hydrogens (tertiary/aromatic N) is 1. The summed E-state index contributed by atoms with van der Waals surface area (Å²) in [6.45, 7) is -0.136. The third-order valence-electron chi connectivity index (χ3n) is 1.82. The van der Waals surface area contributed by atoms with Crippen LogP contribution < -0.4 is 4.74 Å². The number of alkyl halides is 3. The lowest BCUT2D eigenvalue weighted by Gasteiger charge is -2.10. The Bertz CT molecular complexity index is 446. The molecule has 0 bridgehead atoms. The van der Waals surface area contributed by atoms with Gasteiger partial charge in [0.05, 0.1) is 13.7 Å². The van der Waals surface area contributed by atoms with Crippen LogP contribution in [0.5, 0.6) is 5.88 Å². The van der Waals surface area contributed by atoms with Crippen molar-refractivity contribution < 1.29 is 23.0 Å². The zero-order valence-electron chi connectivity index (χ0n) is 9.01. The van der Waals surface area contributed by atoms with Crippen LogP contribution in [-0.2, 0) is 6.18 Å². The normalized spacial score (nSPS) is 10.6. The summed E-state index contributed by atoms with van der Waals surface area (Å²) in [5.74, 6) is 4.52. The monoisotopic (exact) mass is 245 g/mol. The molecular formula is C11H10F3NO2. The fourth-order valence-electron chi connectivity index (χ4n) is 1.11. The molecule has 3 nitrogen and oxygen atoms in total. The van der Waals surface area contributed by atoms with Gasteiger partial charge in [-0.3, -0.25) is 0 Å². The van der Waals surface area contributed by atoms with Gasteiger partial charge in [-0.2, -0.15) is 13.2 Å². The Hall–Kier alpha value is -1.74. The van der Waals surface area contributed by atoms with E-state index in [-0.39, 0.29) is 18.6 Å². The number of aliphatic hydroxyl groups is 1. The Morgan fingerprint density at radius 2 is 2.18 bits per heavy atom. The molecule has 0 aliphatic heterocycles. The lowest BCUT2D eigenvalue weighted by molar-refractivity contribution is -0.139. The van der Waals surface area contributed by atoms with Crippen molar-refractivity contribution in [3.05, 3.63) is 23.4 Å². The average Bonchev–Trinajstić information content (AvgIpc) is 2.28. The molecule has 0 amide bonds. The number of halogens is 3. The van der Waals surface area contributed by atoms with Crippen LogP contribution in [0.25, 0.3) is 0 Å². The minimum absolute atomic E-state index is 0.131. The van der Waals surface area contributed by atoms with Crippen LogP contribution in [-0.4, -0.2) is 23.8 Å². The van der Waals surface area contributed by atoms with E-state index in [1.807, 2.05) is 0 Å². The SMILES string of the molecule is COc1ncc(C#CCCO)cc1C(F)(F)F. The number of hydrogen-bond donors (Lipinski definition) is 1. The van der Waals surface area contributed by atoms with Gasteiger partial charge in [-0.25, -0.2) is 4.98 Å². The summed E-state index contributed by atoms with van der Waals surface area (Å²) in [7, 11) is 1.12. The molecule has 0 radical (unpaired) electrons. The number of aliphatic hydroxyl groups excluding tert-OH is 1. The standard InChI is InChI=1S/C11H10F3NO2/c1-17-10-9(11(12,13)14)6-8(7-15-10)4-2-3-5-16/h6-7,16H,3,5H2,1H3. The lowest BCUT2D eigenvalue weighted by Crippen LogP contribution is -2.09. The van der Waals surface area contributed by atoms with Crippen LogP contribution in [0.15, 0.2) is 12.3 Å². The van der Waals surface area contributed by atoms with Crippen LogP contribution in [0.1, 0.15) is 17.5 Å². The van der Waals surface area contributed by atoms with Gasteiger partial charge >= 0.3 is 6.18 Å². The van der Waals surface area contributed by atoms with Gasteiger partial charge in [-0.15, -0.1) is 0 Å². The topological polar surface area (TPSA) is 42.4 Å². The molecule has 0 aliphatic rings. The van der Waals surface area contributed by atoms with Crippen molar-refractivity contribution in [1.82, 2.24) is 4.98 Å². The van der Waals surface area contributed by atoms with Crippen molar-refractivity contribution in [3.8, 4) is 17.7 Å². The van der Waals surface area contributed by atoms with E-state index in [0.29, 0.717) is 0 Å². The molecule has 0 saturated heterocycles. The average molecular weight is 245 g/mol. The molecule has 1 aromatic rings. The minimum atomic E-state index is -4.53. The summed E-state index contributed by atoms with van der Waals surface area (Å²) in [4.78, 5) is 3.54. The predicted octanol–water partition coefficient (Wildman–Crippen LogP) is 1.84. The Balaban J connectivity index is 3.11. The molecule has 0 atom stereocenters. The minimum Gasteiger partial charge on any atom is -0.481 e. The quantitative estimate of drug-likeness (QED) is 0.808. The zero-order valence-corrected chi connectivity index (χ0v) is 9.01. The number of rotatable bonds is 2. The second-order valence-corrected chi connectivity index (χ2v) is 3.05. The van der Waals surface area contributed by atoms with Crippen molar-refractivity contribution in [1.29, 1.82) is 0 Å². The van der Waals surface area contributed by atoms with Crippen LogP contribution in [0.2, 0.25) is 0 Å². The smallest absolute Gasteiger partial charge is 0.421 e. The molecule has 1 aromatic heterocycles. The number of hydrogen-bond acceptors (Lipinski definition) is 3. The molecule has 0 saturated carbocycles. The van der Waals surface area contributed by atoms with E-state index in [1.165, 1.54) is 6.20 Å². The van der Waals surface area contributed by atoms with Gasteiger partial charge in [0.25, 0.3) is 0 Å². The van der Waals surface area contributed by atoms with Crippen LogP contribution in [0.4, 0.5) is 13.2 Å². The number of aromatic nitrogens is 1. The van der Waals surface area contributed by atoms with E-state index in [2.05, 4.69) is 21.6 Å². The van der Waals surface area contributed by atoms with Gasteiger partial charge in [0.1, 0.15) is 5.56 Å². The highest BCUT2D eigenvalue weighted by atomic mass is 19.4. The maximum absolute atomic E-state index is 12.6. The Morgan fingerprint density at radius 3 is 2.71 bits per heavy atom. The van der Waals surface area contributed by atoms with Crippen molar-refractivity contribution in [2.75, 3.05) is 13.7 Å². The second-order valence-electron chi connectivity index (χ2n) is 3.05.